The minimum Gasteiger partial charge on any atom is -0.489 e. The van der Waals surface area contributed by atoms with E-state index in [1.165, 1.54) is 11.1 Å². The molecule has 0 aliphatic heterocycles. The number of pyridine rings is 1. The predicted molar refractivity (Wildman–Crippen MR) is 95.8 cm³/mol. The second kappa shape index (κ2) is 9.31. The number of para-hydroxylation sites is 1. The van der Waals surface area contributed by atoms with E-state index in [9.17, 15) is 0 Å². The van der Waals surface area contributed by atoms with Gasteiger partial charge >= 0.3 is 0 Å². The average Bonchev–Trinajstić information content (AvgIpc) is 2.61. The highest BCUT2D eigenvalue weighted by molar-refractivity contribution is 5.36. The fourth-order valence-electron chi connectivity index (χ4n) is 2.54. The van der Waals surface area contributed by atoms with Gasteiger partial charge in [-0.3, -0.25) is 4.98 Å². The molecule has 3 heteroatoms. The van der Waals surface area contributed by atoms with Gasteiger partial charge in [0.2, 0.25) is 0 Å². The van der Waals surface area contributed by atoms with E-state index < -0.39 is 0 Å². The van der Waals surface area contributed by atoms with E-state index in [0.717, 1.165) is 31.7 Å². The van der Waals surface area contributed by atoms with E-state index in [1.807, 2.05) is 12.3 Å². The lowest BCUT2D eigenvalue weighted by molar-refractivity contribution is 0.190. The van der Waals surface area contributed by atoms with E-state index in [0.29, 0.717) is 5.92 Å². The fourth-order valence-corrected chi connectivity index (χ4v) is 2.54. The molecule has 2 atom stereocenters. The van der Waals surface area contributed by atoms with Crippen molar-refractivity contribution in [2.45, 2.75) is 52.2 Å². The number of nitrogens with zero attached hydrogens (tertiary/aromatic N) is 1. The summed E-state index contributed by atoms with van der Waals surface area (Å²) in [4.78, 5) is 4.14. The maximum absolute atomic E-state index is 6.28. The molecule has 0 saturated carbocycles. The van der Waals surface area contributed by atoms with Crippen LogP contribution in [0, 0.1) is 0 Å². The number of benzene rings is 1. The van der Waals surface area contributed by atoms with Crippen molar-refractivity contribution in [1.82, 2.24) is 10.3 Å². The molecule has 0 radical (unpaired) electrons. The maximum atomic E-state index is 6.28. The lowest BCUT2D eigenvalue weighted by Gasteiger charge is -2.22. The Bertz CT molecular complexity index is 571. The highest BCUT2D eigenvalue weighted by Gasteiger charge is 2.13. The Balaban J connectivity index is 1.92. The van der Waals surface area contributed by atoms with Crippen molar-refractivity contribution >= 4 is 0 Å². The smallest absolute Gasteiger partial charge is 0.123 e. The van der Waals surface area contributed by atoms with Gasteiger partial charge < -0.3 is 10.1 Å². The molecule has 2 unspecified atom stereocenters. The van der Waals surface area contributed by atoms with Crippen LogP contribution in [0.1, 0.15) is 50.7 Å². The molecule has 2 rings (SSSR count). The number of hydrogen-bond donors (Lipinski definition) is 1. The monoisotopic (exact) mass is 312 g/mol. The average molecular weight is 312 g/mol. The summed E-state index contributed by atoms with van der Waals surface area (Å²) in [6.45, 7) is 8.29. The largest absolute Gasteiger partial charge is 0.489 e. The molecule has 2 aromatic rings. The van der Waals surface area contributed by atoms with E-state index >= 15 is 0 Å². The molecular weight excluding hydrogens is 284 g/mol. The van der Waals surface area contributed by atoms with Gasteiger partial charge in [-0.25, -0.2) is 0 Å². The molecule has 124 valence electrons. The second-order valence-corrected chi connectivity index (χ2v) is 5.99. The van der Waals surface area contributed by atoms with Crippen molar-refractivity contribution in [3.8, 4) is 5.75 Å². The molecule has 1 N–H and O–H groups in total. The number of aromatic nitrogens is 1. The number of nitrogens with one attached hydrogen (secondary N) is 1. The summed E-state index contributed by atoms with van der Waals surface area (Å²) in [5.74, 6) is 1.55. The van der Waals surface area contributed by atoms with Gasteiger partial charge in [0, 0.05) is 25.5 Å². The van der Waals surface area contributed by atoms with Crippen LogP contribution in [0.15, 0.2) is 48.8 Å². The highest BCUT2D eigenvalue weighted by Crippen LogP contribution is 2.29. The van der Waals surface area contributed by atoms with Crippen LogP contribution >= 0.6 is 0 Å². The van der Waals surface area contributed by atoms with Crippen LogP contribution in [0.4, 0.5) is 0 Å². The SMILES string of the molecule is CCC(CNCc1cccnc1)Oc1ccccc1C(C)CC. The predicted octanol–water partition coefficient (Wildman–Crippen LogP) is 4.54. The summed E-state index contributed by atoms with van der Waals surface area (Å²) < 4.78 is 6.28. The van der Waals surface area contributed by atoms with Crippen molar-refractivity contribution < 1.29 is 4.74 Å². The Morgan fingerprint density at radius 3 is 2.61 bits per heavy atom. The zero-order valence-electron chi connectivity index (χ0n) is 14.5. The maximum Gasteiger partial charge on any atom is 0.123 e. The Kier molecular flexibility index (Phi) is 7.08. The third kappa shape index (κ3) is 5.36. The third-order valence-corrected chi connectivity index (χ3v) is 4.24. The topological polar surface area (TPSA) is 34.2 Å². The molecule has 23 heavy (non-hydrogen) atoms. The van der Waals surface area contributed by atoms with Gasteiger partial charge in [-0.05, 0) is 42.0 Å². The molecule has 0 aliphatic carbocycles. The first-order valence-corrected chi connectivity index (χ1v) is 8.59. The number of hydrogen-bond acceptors (Lipinski definition) is 3. The Morgan fingerprint density at radius 2 is 1.91 bits per heavy atom. The van der Waals surface area contributed by atoms with E-state index in [1.54, 1.807) is 6.20 Å². The van der Waals surface area contributed by atoms with E-state index in [-0.39, 0.29) is 6.10 Å². The fraction of sp³-hybridized carbons (Fsp3) is 0.450. The summed E-state index contributed by atoms with van der Waals surface area (Å²) in [6, 6.07) is 12.5. The minimum atomic E-state index is 0.178. The molecule has 0 fully saturated rings. The summed E-state index contributed by atoms with van der Waals surface area (Å²) in [5.41, 5.74) is 2.50. The summed E-state index contributed by atoms with van der Waals surface area (Å²) >= 11 is 0. The summed E-state index contributed by atoms with van der Waals surface area (Å²) in [6.07, 6.45) is 5.97. The lowest BCUT2D eigenvalue weighted by atomic mass is 9.98. The van der Waals surface area contributed by atoms with E-state index in [4.69, 9.17) is 4.74 Å². The Labute approximate surface area is 140 Å². The van der Waals surface area contributed by atoms with Crippen LogP contribution in [0.25, 0.3) is 0 Å². The van der Waals surface area contributed by atoms with Crippen molar-refractivity contribution in [3.63, 3.8) is 0 Å². The first-order valence-electron chi connectivity index (χ1n) is 8.59. The molecule has 0 aliphatic rings. The molecule has 0 saturated heterocycles. The van der Waals surface area contributed by atoms with Crippen molar-refractivity contribution in [3.05, 3.63) is 59.9 Å². The van der Waals surface area contributed by atoms with Crippen LogP contribution < -0.4 is 10.1 Å². The van der Waals surface area contributed by atoms with E-state index in [2.05, 4.69) is 61.4 Å². The lowest BCUT2D eigenvalue weighted by Crippen LogP contribution is -2.31. The molecule has 1 aromatic carbocycles. The molecule has 0 spiro atoms. The molecule has 3 nitrogen and oxygen atoms in total. The summed E-state index contributed by atoms with van der Waals surface area (Å²) in [5, 5.41) is 3.47. The van der Waals surface area contributed by atoms with Gasteiger partial charge in [0.1, 0.15) is 11.9 Å². The summed E-state index contributed by atoms with van der Waals surface area (Å²) in [7, 11) is 0. The van der Waals surface area contributed by atoms with Gasteiger partial charge in [-0.1, -0.05) is 45.0 Å². The van der Waals surface area contributed by atoms with Gasteiger partial charge in [0.15, 0.2) is 0 Å². The molecule has 1 aromatic heterocycles. The standard InChI is InChI=1S/C20H28N2O/c1-4-16(3)19-10-6-7-11-20(19)23-18(5-2)15-22-14-17-9-8-12-21-13-17/h6-13,16,18,22H,4-5,14-15H2,1-3H3. The highest BCUT2D eigenvalue weighted by atomic mass is 16.5. The zero-order valence-corrected chi connectivity index (χ0v) is 14.5. The van der Waals surface area contributed by atoms with Crippen LogP contribution in [0.2, 0.25) is 0 Å². The van der Waals surface area contributed by atoms with Gasteiger partial charge in [0.05, 0.1) is 0 Å². The van der Waals surface area contributed by atoms with Crippen molar-refractivity contribution in [1.29, 1.82) is 0 Å². The Hall–Kier alpha value is -1.87. The van der Waals surface area contributed by atoms with Gasteiger partial charge in [0.25, 0.3) is 0 Å². The van der Waals surface area contributed by atoms with Gasteiger partial charge in [-0.2, -0.15) is 0 Å². The second-order valence-electron chi connectivity index (χ2n) is 5.99. The first-order chi connectivity index (χ1) is 11.2. The van der Waals surface area contributed by atoms with Gasteiger partial charge in [-0.15, -0.1) is 0 Å². The minimum absolute atomic E-state index is 0.178. The van der Waals surface area contributed by atoms with Crippen LogP contribution in [0.5, 0.6) is 5.75 Å². The quantitative estimate of drug-likeness (QED) is 0.738. The van der Waals surface area contributed by atoms with Crippen LogP contribution in [0.3, 0.4) is 0 Å². The number of rotatable bonds is 9. The molecular formula is C20H28N2O. The third-order valence-electron chi connectivity index (χ3n) is 4.24. The molecule has 1 heterocycles. The molecule has 0 bridgehead atoms. The van der Waals surface area contributed by atoms with Crippen LogP contribution in [-0.2, 0) is 6.54 Å². The zero-order chi connectivity index (χ0) is 16.5. The van der Waals surface area contributed by atoms with Crippen molar-refractivity contribution in [2.24, 2.45) is 0 Å². The first kappa shape index (κ1) is 17.5. The number of ether oxygens (including phenoxy) is 1. The Morgan fingerprint density at radius 1 is 1.09 bits per heavy atom. The van der Waals surface area contributed by atoms with Crippen LogP contribution in [-0.4, -0.2) is 17.6 Å². The molecule has 0 amide bonds. The van der Waals surface area contributed by atoms with Crippen molar-refractivity contribution in [2.75, 3.05) is 6.54 Å². The normalized spacial score (nSPS) is 13.5.